The topological polar surface area (TPSA) is 49.8 Å². The second-order valence-electron chi connectivity index (χ2n) is 5.23. The van der Waals surface area contributed by atoms with Crippen LogP contribution in [0.4, 0.5) is 5.69 Å². The van der Waals surface area contributed by atoms with Crippen molar-refractivity contribution in [3.8, 4) is 0 Å². The summed E-state index contributed by atoms with van der Waals surface area (Å²) in [6.07, 6.45) is 2.55. The average molecular weight is 342 g/mol. The van der Waals surface area contributed by atoms with Crippen LogP contribution in [0.1, 0.15) is 30.1 Å². The molecule has 1 saturated carbocycles. The summed E-state index contributed by atoms with van der Waals surface area (Å²) < 4.78 is 5.81. The third kappa shape index (κ3) is 3.52. The number of halogens is 1. The van der Waals surface area contributed by atoms with Crippen molar-refractivity contribution in [2.45, 2.75) is 25.8 Å². The first-order valence-electron chi connectivity index (χ1n) is 6.83. The summed E-state index contributed by atoms with van der Waals surface area (Å²) in [5.74, 6) is -0.174. The molecule has 1 unspecified atom stereocenters. The van der Waals surface area contributed by atoms with Crippen molar-refractivity contribution < 1.29 is 14.6 Å². The largest absolute Gasteiger partial charge is 0.478 e. The SMILES string of the molecule is COCCN(c1ccc(C(=O)O)c(Br)c1)C(C)C1CC1. The Morgan fingerprint density at radius 3 is 2.75 bits per heavy atom. The number of carboxylic acids is 1. The van der Waals surface area contributed by atoms with Crippen LogP contribution in [0.25, 0.3) is 0 Å². The number of anilines is 1. The van der Waals surface area contributed by atoms with Gasteiger partial charge in [-0.1, -0.05) is 0 Å². The number of rotatable bonds is 7. The lowest BCUT2D eigenvalue weighted by Gasteiger charge is -2.31. The number of carboxylic acid groups (broad SMARTS) is 1. The molecule has 1 N–H and O–H groups in total. The molecule has 1 atom stereocenters. The molecule has 5 heteroatoms. The van der Waals surface area contributed by atoms with E-state index in [1.54, 1.807) is 13.2 Å². The van der Waals surface area contributed by atoms with Gasteiger partial charge in [-0.05, 0) is 59.8 Å². The summed E-state index contributed by atoms with van der Waals surface area (Å²) >= 11 is 3.35. The summed E-state index contributed by atoms with van der Waals surface area (Å²) in [4.78, 5) is 13.4. The van der Waals surface area contributed by atoms with Crippen LogP contribution in [0.3, 0.4) is 0 Å². The van der Waals surface area contributed by atoms with E-state index in [4.69, 9.17) is 9.84 Å². The van der Waals surface area contributed by atoms with Gasteiger partial charge in [0.15, 0.2) is 0 Å². The van der Waals surface area contributed by atoms with Gasteiger partial charge in [0.05, 0.1) is 12.2 Å². The molecule has 1 aliphatic rings. The van der Waals surface area contributed by atoms with Gasteiger partial charge >= 0.3 is 5.97 Å². The monoisotopic (exact) mass is 341 g/mol. The van der Waals surface area contributed by atoms with Crippen LogP contribution >= 0.6 is 15.9 Å². The van der Waals surface area contributed by atoms with Gasteiger partial charge in [-0.15, -0.1) is 0 Å². The van der Waals surface area contributed by atoms with Gasteiger partial charge in [0.25, 0.3) is 0 Å². The molecule has 1 aromatic carbocycles. The Morgan fingerprint density at radius 2 is 2.25 bits per heavy atom. The Kier molecular flexibility index (Phi) is 5.05. The second kappa shape index (κ2) is 6.59. The molecule has 0 amide bonds. The average Bonchev–Trinajstić information content (AvgIpc) is 3.22. The molecule has 0 aliphatic heterocycles. The van der Waals surface area contributed by atoms with E-state index in [1.165, 1.54) is 12.8 Å². The van der Waals surface area contributed by atoms with Crippen molar-refractivity contribution in [1.29, 1.82) is 0 Å². The molecular formula is C15H20BrNO3. The lowest BCUT2D eigenvalue weighted by atomic mass is 10.1. The van der Waals surface area contributed by atoms with Crippen LogP contribution in [-0.4, -0.2) is 37.4 Å². The minimum atomic E-state index is -0.915. The minimum absolute atomic E-state index is 0.291. The van der Waals surface area contributed by atoms with Crippen LogP contribution in [0, 0.1) is 5.92 Å². The van der Waals surface area contributed by atoms with E-state index in [9.17, 15) is 4.79 Å². The fourth-order valence-electron chi connectivity index (χ4n) is 2.45. The van der Waals surface area contributed by atoms with Crippen molar-refractivity contribution in [3.05, 3.63) is 28.2 Å². The molecule has 0 saturated heterocycles. The molecule has 0 radical (unpaired) electrons. The van der Waals surface area contributed by atoms with Crippen LogP contribution in [0.15, 0.2) is 22.7 Å². The highest BCUT2D eigenvalue weighted by Crippen LogP contribution is 2.37. The predicted molar refractivity (Wildman–Crippen MR) is 82.5 cm³/mol. The number of benzene rings is 1. The van der Waals surface area contributed by atoms with Gasteiger partial charge in [-0.25, -0.2) is 4.79 Å². The molecule has 1 fully saturated rings. The predicted octanol–water partition coefficient (Wildman–Crippen LogP) is 3.40. The van der Waals surface area contributed by atoms with Gasteiger partial charge in [0.1, 0.15) is 0 Å². The van der Waals surface area contributed by atoms with E-state index >= 15 is 0 Å². The molecule has 20 heavy (non-hydrogen) atoms. The minimum Gasteiger partial charge on any atom is -0.478 e. The molecular weight excluding hydrogens is 322 g/mol. The van der Waals surface area contributed by atoms with Crippen molar-refractivity contribution in [1.82, 2.24) is 0 Å². The molecule has 1 aromatic rings. The summed E-state index contributed by atoms with van der Waals surface area (Å²) in [6, 6.07) is 5.87. The summed E-state index contributed by atoms with van der Waals surface area (Å²) in [7, 11) is 1.70. The number of hydrogen-bond donors (Lipinski definition) is 1. The highest BCUT2D eigenvalue weighted by molar-refractivity contribution is 9.10. The zero-order chi connectivity index (χ0) is 14.7. The Labute approximate surface area is 127 Å². The zero-order valence-corrected chi connectivity index (χ0v) is 13.4. The molecule has 0 spiro atoms. The molecule has 0 bridgehead atoms. The van der Waals surface area contributed by atoms with Crippen LogP contribution in [0.5, 0.6) is 0 Å². The van der Waals surface area contributed by atoms with Crippen LogP contribution < -0.4 is 4.90 Å². The fraction of sp³-hybridized carbons (Fsp3) is 0.533. The number of hydrogen-bond acceptors (Lipinski definition) is 3. The Morgan fingerprint density at radius 1 is 1.55 bits per heavy atom. The van der Waals surface area contributed by atoms with E-state index in [2.05, 4.69) is 27.8 Å². The van der Waals surface area contributed by atoms with E-state index < -0.39 is 5.97 Å². The fourth-order valence-corrected chi connectivity index (χ4v) is 2.98. The van der Waals surface area contributed by atoms with E-state index in [0.29, 0.717) is 22.7 Å². The van der Waals surface area contributed by atoms with Crippen molar-refractivity contribution in [2.75, 3.05) is 25.2 Å². The number of carbonyl (C=O) groups is 1. The number of aromatic carboxylic acids is 1. The van der Waals surface area contributed by atoms with Gasteiger partial charge in [0.2, 0.25) is 0 Å². The maximum atomic E-state index is 11.1. The summed E-state index contributed by atoms with van der Waals surface area (Å²) in [5.41, 5.74) is 1.33. The zero-order valence-electron chi connectivity index (χ0n) is 11.8. The van der Waals surface area contributed by atoms with E-state index in [1.807, 2.05) is 12.1 Å². The van der Waals surface area contributed by atoms with E-state index in [0.717, 1.165) is 18.2 Å². The first-order valence-corrected chi connectivity index (χ1v) is 7.62. The summed E-state index contributed by atoms with van der Waals surface area (Å²) in [6.45, 7) is 3.70. The van der Waals surface area contributed by atoms with Gasteiger partial charge < -0.3 is 14.7 Å². The maximum absolute atomic E-state index is 11.1. The van der Waals surface area contributed by atoms with E-state index in [-0.39, 0.29) is 0 Å². The van der Waals surface area contributed by atoms with Gasteiger partial charge in [-0.3, -0.25) is 0 Å². The first-order chi connectivity index (χ1) is 9.54. The maximum Gasteiger partial charge on any atom is 0.336 e. The highest BCUT2D eigenvalue weighted by atomic mass is 79.9. The number of methoxy groups -OCH3 is 1. The Balaban J connectivity index is 2.23. The molecule has 4 nitrogen and oxygen atoms in total. The summed E-state index contributed by atoms with van der Waals surface area (Å²) in [5, 5.41) is 9.08. The van der Waals surface area contributed by atoms with Crippen molar-refractivity contribution in [3.63, 3.8) is 0 Å². The third-order valence-electron chi connectivity index (χ3n) is 3.85. The first kappa shape index (κ1) is 15.3. The molecule has 1 aliphatic carbocycles. The van der Waals surface area contributed by atoms with Crippen LogP contribution in [0.2, 0.25) is 0 Å². The highest BCUT2D eigenvalue weighted by Gasteiger charge is 2.32. The lowest BCUT2D eigenvalue weighted by Crippen LogP contribution is -2.37. The van der Waals surface area contributed by atoms with Gasteiger partial charge in [-0.2, -0.15) is 0 Å². The lowest BCUT2D eigenvalue weighted by molar-refractivity contribution is 0.0696. The number of ether oxygens (including phenoxy) is 1. The Bertz CT molecular complexity index is 488. The van der Waals surface area contributed by atoms with Gasteiger partial charge in [0, 0.05) is 29.9 Å². The number of nitrogens with zero attached hydrogens (tertiary/aromatic N) is 1. The molecule has 0 heterocycles. The normalized spacial score (nSPS) is 15.9. The molecule has 0 aromatic heterocycles. The van der Waals surface area contributed by atoms with Crippen LogP contribution in [-0.2, 0) is 4.74 Å². The van der Waals surface area contributed by atoms with Crippen molar-refractivity contribution in [2.24, 2.45) is 5.92 Å². The molecule has 110 valence electrons. The third-order valence-corrected chi connectivity index (χ3v) is 4.50. The quantitative estimate of drug-likeness (QED) is 0.825. The molecule has 2 rings (SSSR count). The standard InChI is InChI=1S/C15H20BrNO3/c1-10(11-3-4-11)17(7-8-20-2)12-5-6-13(15(18)19)14(16)9-12/h5-6,9-11H,3-4,7-8H2,1-2H3,(H,18,19). The smallest absolute Gasteiger partial charge is 0.336 e. The second-order valence-corrected chi connectivity index (χ2v) is 6.09. The Hall–Kier alpha value is -1.07. The van der Waals surface area contributed by atoms with Crippen molar-refractivity contribution >= 4 is 27.6 Å².